The van der Waals surface area contributed by atoms with Gasteiger partial charge in [-0.05, 0) is 30.0 Å². The van der Waals surface area contributed by atoms with Crippen molar-refractivity contribution in [3.05, 3.63) is 34.5 Å². The van der Waals surface area contributed by atoms with Crippen molar-refractivity contribution in [2.24, 2.45) is 0 Å². The highest BCUT2D eigenvalue weighted by atomic mass is 32.1. The molecular formula is C12H12O2S2. The largest absolute Gasteiger partial charge is 0.348 e. The van der Waals surface area contributed by atoms with Crippen LogP contribution in [0.25, 0.3) is 9.75 Å². The molecule has 1 fully saturated rings. The summed E-state index contributed by atoms with van der Waals surface area (Å²) in [6.07, 6.45) is 0.854. The van der Waals surface area contributed by atoms with E-state index in [9.17, 15) is 0 Å². The van der Waals surface area contributed by atoms with Gasteiger partial charge in [-0.15, -0.1) is 22.7 Å². The molecule has 0 saturated carbocycles. The summed E-state index contributed by atoms with van der Waals surface area (Å²) in [7, 11) is 0. The van der Waals surface area contributed by atoms with Crippen LogP contribution in [0.15, 0.2) is 29.6 Å². The zero-order valence-corrected chi connectivity index (χ0v) is 10.4. The van der Waals surface area contributed by atoms with Gasteiger partial charge in [-0.25, -0.2) is 0 Å². The Morgan fingerprint density at radius 1 is 1.06 bits per heavy atom. The first-order chi connectivity index (χ1) is 7.93. The van der Waals surface area contributed by atoms with Gasteiger partial charge in [-0.3, -0.25) is 0 Å². The second kappa shape index (κ2) is 4.67. The molecule has 2 aromatic heterocycles. The Kier molecular flexibility index (Phi) is 3.06. The number of rotatable bonds is 2. The van der Waals surface area contributed by atoms with Crippen molar-refractivity contribution in [2.75, 3.05) is 13.2 Å². The normalized spacial score (nSPS) is 17.8. The average Bonchev–Trinajstić information content (AvgIpc) is 3.01. The monoisotopic (exact) mass is 252 g/mol. The smallest absolute Gasteiger partial charge is 0.193 e. The first-order valence-corrected chi connectivity index (χ1v) is 7.00. The lowest BCUT2D eigenvalue weighted by molar-refractivity contribution is -0.181. The maximum absolute atomic E-state index is 5.59. The molecule has 1 saturated heterocycles. The van der Waals surface area contributed by atoms with E-state index in [1.54, 1.807) is 22.7 Å². The Labute approximate surface area is 102 Å². The molecule has 0 N–H and O–H groups in total. The van der Waals surface area contributed by atoms with E-state index in [1.165, 1.54) is 14.6 Å². The van der Waals surface area contributed by atoms with Gasteiger partial charge < -0.3 is 9.47 Å². The van der Waals surface area contributed by atoms with Crippen LogP contribution in [0.3, 0.4) is 0 Å². The summed E-state index contributed by atoms with van der Waals surface area (Å²) in [5, 5.41) is 2.10. The van der Waals surface area contributed by atoms with E-state index in [0.29, 0.717) is 0 Å². The Morgan fingerprint density at radius 2 is 1.94 bits per heavy atom. The van der Waals surface area contributed by atoms with Gasteiger partial charge in [-0.1, -0.05) is 6.07 Å². The number of thiophene rings is 2. The van der Waals surface area contributed by atoms with Crippen LogP contribution >= 0.6 is 22.7 Å². The van der Waals surface area contributed by atoms with E-state index in [0.717, 1.165) is 19.6 Å². The Balaban J connectivity index is 1.82. The highest BCUT2D eigenvalue weighted by Gasteiger charge is 2.18. The summed E-state index contributed by atoms with van der Waals surface area (Å²) in [4.78, 5) is 3.78. The number of hydrogen-bond acceptors (Lipinski definition) is 4. The van der Waals surface area contributed by atoms with Gasteiger partial charge in [-0.2, -0.15) is 0 Å². The van der Waals surface area contributed by atoms with Crippen molar-refractivity contribution in [1.29, 1.82) is 0 Å². The Bertz CT molecular complexity index is 441. The van der Waals surface area contributed by atoms with Crippen LogP contribution in [-0.4, -0.2) is 13.2 Å². The number of hydrogen-bond donors (Lipinski definition) is 0. The minimum Gasteiger partial charge on any atom is -0.348 e. The minimum absolute atomic E-state index is 0.146. The summed E-state index contributed by atoms with van der Waals surface area (Å²) >= 11 is 3.52. The summed E-state index contributed by atoms with van der Waals surface area (Å²) in [6, 6.07) is 8.47. The molecule has 4 heteroatoms. The first kappa shape index (κ1) is 10.5. The lowest BCUT2D eigenvalue weighted by Gasteiger charge is -2.21. The fraction of sp³-hybridized carbons (Fsp3) is 0.333. The highest BCUT2D eigenvalue weighted by Crippen LogP contribution is 2.36. The first-order valence-electron chi connectivity index (χ1n) is 5.30. The lowest BCUT2D eigenvalue weighted by atomic mass is 10.3. The molecular weight excluding hydrogens is 240 g/mol. The topological polar surface area (TPSA) is 18.5 Å². The van der Waals surface area contributed by atoms with E-state index in [1.807, 2.05) is 0 Å². The van der Waals surface area contributed by atoms with Crippen LogP contribution in [0.2, 0.25) is 0 Å². The second-order valence-electron chi connectivity index (χ2n) is 3.61. The summed E-state index contributed by atoms with van der Waals surface area (Å²) in [5.74, 6) is 0. The van der Waals surface area contributed by atoms with Gasteiger partial charge in [0.05, 0.1) is 18.1 Å². The molecule has 0 amide bonds. The molecule has 0 atom stereocenters. The van der Waals surface area contributed by atoms with Crippen molar-refractivity contribution in [2.45, 2.75) is 12.7 Å². The van der Waals surface area contributed by atoms with Crippen LogP contribution in [0.1, 0.15) is 17.6 Å². The highest BCUT2D eigenvalue weighted by molar-refractivity contribution is 7.21. The third kappa shape index (κ3) is 2.06. The molecule has 84 valence electrons. The van der Waals surface area contributed by atoms with E-state index in [2.05, 4.69) is 29.6 Å². The Morgan fingerprint density at radius 3 is 2.69 bits per heavy atom. The maximum atomic E-state index is 5.59. The van der Waals surface area contributed by atoms with Crippen LogP contribution in [0.5, 0.6) is 0 Å². The minimum atomic E-state index is -0.146. The fourth-order valence-electron chi connectivity index (χ4n) is 1.68. The van der Waals surface area contributed by atoms with Crippen molar-refractivity contribution in [3.63, 3.8) is 0 Å². The molecule has 0 spiro atoms. The van der Waals surface area contributed by atoms with Gasteiger partial charge in [0, 0.05) is 9.75 Å². The standard InChI is InChI=1S/C12H12O2S2/c1-3-9(15-8-1)10-4-5-11(16-10)12-13-6-2-7-14-12/h1,3-5,8,12H,2,6-7H2. The van der Waals surface area contributed by atoms with Gasteiger partial charge in [0.2, 0.25) is 0 Å². The van der Waals surface area contributed by atoms with E-state index in [4.69, 9.17) is 9.47 Å². The third-order valence-corrected chi connectivity index (χ3v) is 4.62. The molecule has 0 bridgehead atoms. The van der Waals surface area contributed by atoms with Crippen molar-refractivity contribution in [1.82, 2.24) is 0 Å². The molecule has 1 aliphatic rings. The summed E-state index contributed by atoms with van der Waals surface area (Å²) in [6.45, 7) is 1.60. The van der Waals surface area contributed by atoms with Gasteiger partial charge >= 0.3 is 0 Å². The van der Waals surface area contributed by atoms with E-state index < -0.39 is 0 Å². The van der Waals surface area contributed by atoms with E-state index in [-0.39, 0.29) is 6.29 Å². The lowest BCUT2D eigenvalue weighted by Crippen LogP contribution is -2.16. The van der Waals surface area contributed by atoms with Crippen LogP contribution < -0.4 is 0 Å². The zero-order valence-electron chi connectivity index (χ0n) is 8.72. The molecule has 2 aromatic rings. The second-order valence-corrected chi connectivity index (χ2v) is 5.67. The van der Waals surface area contributed by atoms with Gasteiger partial charge in [0.1, 0.15) is 0 Å². The molecule has 1 aliphatic heterocycles. The average molecular weight is 252 g/mol. The molecule has 16 heavy (non-hydrogen) atoms. The molecule has 3 rings (SSSR count). The summed E-state index contributed by atoms with van der Waals surface area (Å²) < 4.78 is 11.2. The van der Waals surface area contributed by atoms with Crippen molar-refractivity contribution < 1.29 is 9.47 Å². The quantitative estimate of drug-likeness (QED) is 0.806. The molecule has 0 aliphatic carbocycles. The molecule has 0 unspecified atom stereocenters. The fourth-order valence-corrected chi connectivity index (χ4v) is 3.52. The van der Waals surface area contributed by atoms with Crippen molar-refractivity contribution in [3.8, 4) is 9.75 Å². The van der Waals surface area contributed by atoms with Crippen LogP contribution in [-0.2, 0) is 9.47 Å². The third-order valence-electron chi connectivity index (χ3n) is 2.45. The molecule has 2 nitrogen and oxygen atoms in total. The summed E-state index contributed by atoms with van der Waals surface area (Å²) in [5.41, 5.74) is 0. The molecule has 0 aromatic carbocycles. The van der Waals surface area contributed by atoms with Gasteiger partial charge in [0.25, 0.3) is 0 Å². The zero-order chi connectivity index (χ0) is 10.8. The van der Waals surface area contributed by atoms with E-state index >= 15 is 0 Å². The SMILES string of the molecule is c1csc(-c2ccc(C3OCCCO3)s2)c1. The Hall–Kier alpha value is -0.680. The maximum Gasteiger partial charge on any atom is 0.193 e. The van der Waals surface area contributed by atoms with Gasteiger partial charge in [0.15, 0.2) is 6.29 Å². The number of ether oxygens (including phenoxy) is 2. The van der Waals surface area contributed by atoms with Crippen LogP contribution in [0, 0.1) is 0 Å². The van der Waals surface area contributed by atoms with Crippen LogP contribution in [0.4, 0.5) is 0 Å². The predicted molar refractivity (Wildman–Crippen MR) is 66.9 cm³/mol. The predicted octanol–water partition coefficient (Wildman–Crippen LogP) is 3.91. The molecule has 3 heterocycles. The molecule has 0 radical (unpaired) electrons. The van der Waals surface area contributed by atoms with Crippen molar-refractivity contribution >= 4 is 22.7 Å².